The SMILES string of the molecule is COc1ccc(NS(=O)(=O)c2ccc(-c3nnc(C)o3)o2)cc1F. The van der Waals surface area contributed by atoms with Gasteiger partial charge in [-0.3, -0.25) is 4.72 Å². The number of nitrogens with one attached hydrogen (secondary N) is 1. The molecular weight excluding hydrogens is 341 g/mol. The molecule has 1 N–H and O–H groups in total. The number of aromatic nitrogens is 2. The molecule has 0 aliphatic heterocycles. The number of aryl methyl sites for hydroxylation is 1. The number of halogens is 1. The van der Waals surface area contributed by atoms with Gasteiger partial charge in [-0.1, -0.05) is 0 Å². The highest BCUT2D eigenvalue weighted by molar-refractivity contribution is 7.92. The molecule has 0 radical (unpaired) electrons. The van der Waals surface area contributed by atoms with E-state index in [9.17, 15) is 12.8 Å². The first-order valence-corrected chi connectivity index (χ1v) is 8.14. The van der Waals surface area contributed by atoms with Gasteiger partial charge < -0.3 is 13.6 Å². The van der Waals surface area contributed by atoms with E-state index in [1.165, 1.54) is 31.4 Å². The van der Waals surface area contributed by atoms with Crippen LogP contribution < -0.4 is 9.46 Å². The summed E-state index contributed by atoms with van der Waals surface area (Å²) in [5.41, 5.74) is 0.0277. The highest BCUT2D eigenvalue weighted by Gasteiger charge is 2.22. The number of methoxy groups -OCH3 is 1. The fourth-order valence-electron chi connectivity index (χ4n) is 1.91. The summed E-state index contributed by atoms with van der Waals surface area (Å²) in [5, 5.41) is 7.00. The molecule has 126 valence electrons. The Balaban J connectivity index is 1.86. The molecule has 2 heterocycles. The van der Waals surface area contributed by atoms with E-state index in [1.807, 2.05) is 0 Å². The number of furan rings is 1. The van der Waals surface area contributed by atoms with Gasteiger partial charge in [0, 0.05) is 13.0 Å². The summed E-state index contributed by atoms with van der Waals surface area (Å²) in [4.78, 5) is 0. The van der Waals surface area contributed by atoms with Gasteiger partial charge in [0.25, 0.3) is 15.9 Å². The Morgan fingerprint density at radius 3 is 2.58 bits per heavy atom. The van der Waals surface area contributed by atoms with Gasteiger partial charge in [0.2, 0.25) is 11.0 Å². The molecule has 2 aromatic heterocycles. The quantitative estimate of drug-likeness (QED) is 0.751. The lowest BCUT2D eigenvalue weighted by molar-refractivity contribution is 0.386. The predicted molar refractivity (Wildman–Crippen MR) is 80.5 cm³/mol. The Labute approximate surface area is 136 Å². The minimum atomic E-state index is -4.04. The zero-order chi connectivity index (χ0) is 17.3. The van der Waals surface area contributed by atoms with Crippen molar-refractivity contribution in [2.45, 2.75) is 12.0 Å². The maximum atomic E-state index is 13.6. The van der Waals surface area contributed by atoms with Crippen LogP contribution >= 0.6 is 0 Å². The molecule has 0 saturated heterocycles. The van der Waals surface area contributed by atoms with E-state index in [1.54, 1.807) is 6.92 Å². The van der Waals surface area contributed by atoms with Gasteiger partial charge in [-0.2, -0.15) is 8.42 Å². The Bertz CT molecular complexity index is 980. The largest absolute Gasteiger partial charge is 0.494 e. The number of nitrogens with zero attached hydrogens (tertiary/aromatic N) is 2. The smallest absolute Gasteiger partial charge is 0.295 e. The van der Waals surface area contributed by atoms with Crippen LogP contribution in [-0.4, -0.2) is 25.7 Å². The standard InChI is InChI=1S/C14H12FN3O5S/c1-8-16-17-14(22-8)12-5-6-13(23-12)24(19,20)18-9-3-4-11(21-2)10(15)7-9/h3-7,18H,1-2H3. The molecule has 0 amide bonds. The third-order valence-corrected chi connectivity index (χ3v) is 4.24. The fourth-order valence-corrected chi connectivity index (χ4v) is 2.90. The highest BCUT2D eigenvalue weighted by Crippen LogP contribution is 2.26. The second kappa shape index (κ2) is 5.96. The number of anilines is 1. The number of benzene rings is 1. The van der Waals surface area contributed by atoms with Gasteiger partial charge in [-0.05, 0) is 24.3 Å². The first kappa shape index (κ1) is 16.0. The van der Waals surface area contributed by atoms with Gasteiger partial charge in [-0.15, -0.1) is 10.2 Å². The summed E-state index contributed by atoms with van der Waals surface area (Å²) >= 11 is 0. The highest BCUT2D eigenvalue weighted by atomic mass is 32.2. The molecule has 8 nitrogen and oxygen atoms in total. The second-order valence-corrected chi connectivity index (χ2v) is 6.31. The van der Waals surface area contributed by atoms with Gasteiger partial charge in [0.05, 0.1) is 12.8 Å². The molecule has 0 aliphatic carbocycles. The van der Waals surface area contributed by atoms with E-state index in [-0.39, 0.29) is 28.2 Å². The zero-order valence-corrected chi connectivity index (χ0v) is 13.4. The van der Waals surface area contributed by atoms with Crippen LogP contribution in [0.4, 0.5) is 10.1 Å². The number of hydrogen-bond donors (Lipinski definition) is 1. The topological polar surface area (TPSA) is 107 Å². The van der Waals surface area contributed by atoms with E-state index in [2.05, 4.69) is 14.9 Å². The average molecular weight is 353 g/mol. The van der Waals surface area contributed by atoms with Crippen molar-refractivity contribution in [3.63, 3.8) is 0 Å². The fraction of sp³-hybridized carbons (Fsp3) is 0.143. The van der Waals surface area contributed by atoms with Gasteiger partial charge in [0.15, 0.2) is 17.3 Å². The molecule has 0 bridgehead atoms. The first-order valence-electron chi connectivity index (χ1n) is 6.66. The summed E-state index contributed by atoms with van der Waals surface area (Å²) in [6.07, 6.45) is 0. The van der Waals surface area contributed by atoms with Gasteiger partial charge >= 0.3 is 0 Å². The van der Waals surface area contributed by atoms with Crippen molar-refractivity contribution in [1.82, 2.24) is 10.2 Å². The van der Waals surface area contributed by atoms with Crippen LogP contribution in [0.2, 0.25) is 0 Å². The summed E-state index contributed by atoms with van der Waals surface area (Å²) in [5.74, 6) is -0.205. The minimum Gasteiger partial charge on any atom is -0.494 e. The molecule has 3 aromatic rings. The number of sulfonamides is 1. The summed E-state index contributed by atoms with van der Waals surface area (Å²) in [7, 11) is -2.73. The lowest BCUT2D eigenvalue weighted by atomic mass is 10.3. The molecule has 10 heteroatoms. The average Bonchev–Trinajstić information content (AvgIpc) is 3.16. The van der Waals surface area contributed by atoms with E-state index < -0.39 is 15.8 Å². The van der Waals surface area contributed by atoms with Crippen molar-refractivity contribution in [1.29, 1.82) is 0 Å². The molecule has 0 spiro atoms. The van der Waals surface area contributed by atoms with Gasteiger partial charge in [-0.25, -0.2) is 4.39 Å². The van der Waals surface area contributed by atoms with Crippen LogP contribution in [0, 0.1) is 12.7 Å². The summed E-state index contributed by atoms with van der Waals surface area (Å²) in [6, 6.07) is 6.29. The Hall–Kier alpha value is -2.88. The molecule has 0 saturated carbocycles. The van der Waals surface area contributed by atoms with Crippen LogP contribution in [0.3, 0.4) is 0 Å². The number of hydrogen-bond acceptors (Lipinski definition) is 7. The lowest BCUT2D eigenvalue weighted by Crippen LogP contribution is -2.12. The second-order valence-electron chi connectivity index (χ2n) is 4.70. The lowest BCUT2D eigenvalue weighted by Gasteiger charge is -2.07. The van der Waals surface area contributed by atoms with Crippen molar-refractivity contribution in [2.75, 3.05) is 11.8 Å². The molecule has 1 aromatic carbocycles. The maximum Gasteiger partial charge on any atom is 0.295 e. The van der Waals surface area contributed by atoms with Crippen LogP contribution in [0.5, 0.6) is 5.75 Å². The molecule has 3 rings (SSSR count). The minimum absolute atomic E-state index is 0.00463. The molecular formula is C14H12FN3O5S. The summed E-state index contributed by atoms with van der Waals surface area (Å²) in [6.45, 7) is 1.59. The Kier molecular flexibility index (Phi) is 3.97. The first-order chi connectivity index (χ1) is 11.4. The predicted octanol–water partition coefficient (Wildman–Crippen LogP) is 2.59. The van der Waals surface area contributed by atoms with Gasteiger partial charge in [0.1, 0.15) is 0 Å². The van der Waals surface area contributed by atoms with Crippen LogP contribution in [0.1, 0.15) is 5.89 Å². The van der Waals surface area contributed by atoms with Crippen molar-refractivity contribution < 1.29 is 26.4 Å². The Morgan fingerprint density at radius 2 is 1.96 bits per heavy atom. The van der Waals surface area contributed by atoms with E-state index in [0.717, 1.165) is 6.07 Å². The zero-order valence-electron chi connectivity index (χ0n) is 12.6. The van der Waals surface area contributed by atoms with E-state index in [4.69, 9.17) is 13.6 Å². The third kappa shape index (κ3) is 3.08. The molecule has 0 aliphatic rings. The molecule has 0 fully saturated rings. The molecule has 24 heavy (non-hydrogen) atoms. The summed E-state index contributed by atoms with van der Waals surface area (Å²) < 4.78 is 55.6. The number of rotatable bonds is 5. The van der Waals surface area contributed by atoms with Crippen molar-refractivity contribution >= 4 is 15.7 Å². The van der Waals surface area contributed by atoms with E-state index in [0.29, 0.717) is 5.89 Å². The molecule has 0 unspecified atom stereocenters. The normalized spacial score (nSPS) is 11.5. The maximum absolute atomic E-state index is 13.6. The van der Waals surface area contributed by atoms with Crippen molar-refractivity contribution in [3.05, 3.63) is 42.0 Å². The Morgan fingerprint density at radius 1 is 1.17 bits per heavy atom. The van der Waals surface area contributed by atoms with Crippen LogP contribution in [0.25, 0.3) is 11.7 Å². The molecule has 0 atom stereocenters. The van der Waals surface area contributed by atoms with E-state index >= 15 is 0 Å². The van der Waals surface area contributed by atoms with Crippen LogP contribution in [-0.2, 0) is 10.0 Å². The van der Waals surface area contributed by atoms with Crippen molar-refractivity contribution in [3.8, 4) is 17.4 Å². The van der Waals surface area contributed by atoms with Crippen LogP contribution in [0.15, 0.2) is 44.3 Å². The number of ether oxygens (including phenoxy) is 1. The third-order valence-electron chi connectivity index (χ3n) is 2.99. The van der Waals surface area contributed by atoms with Crippen molar-refractivity contribution in [2.24, 2.45) is 0 Å². The monoisotopic (exact) mass is 353 g/mol.